The fourth-order valence-electron chi connectivity index (χ4n) is 5.93. The van der Waals surface area contributed by atoms with Crippen molar-refractivity contribution in [2.75, 3.05) is 61.8 Å². The maximum absolute atomic E-state index is 13.7. The van der Waals surface area contributed by atoms with Crippen LogP contribution in [0.5, 0.6) is 0 Å². The molecule has 0 aliphatic carbocycles. The Labute approximate surface area is 256 Å². The van der Waals surface area contributed by atoms with Gasteiger partial charge in [0.05, 0.1) is 17.1 Å². The lowest BCUT2D eigenvalue weighted by atomic mass is 10.0. The first-order chi connectivity index (χ1) is 21.3. The summed E-state index contributed by atoms with van der Waals surface area (Å²) < 4.78 is 13.7. The Hall–Kier alpha value is -4.77. The van der Waals surface area contributed by atoms with Crippen molar-refractivity contribution in [3.05, 3.63) is 78.4 Å². The minimum atomic E-state index is -0.290. The molecule has 4 heterocycles. The van der Waals surface area contributed by atoms with E-state index in [1.165, 1.54) is 18.2 Å². The van der Waals surface area contributed by atoms with Crippen LogP contribution in [0.1, 0.15) is 28.8 Å². The number of anilines is 3. The molecule has 44 heavy (non-hydrogen) atoms. The lowest BCUT2D eigenvalue weighted by Crippen LogP contribution is -2.45. The van der Waals surface area contributed by atoms with E-state index >= 15 is 0 Å². The van der Waals surface area contributed by atoms with E-state index in [-0.39, 0.29) is 23.7 Å². The molecule has 6 rings (SSSR count). The van der Waals surface area contributed by atoms with Crippen molar-refractivity contribution >= 4 is 40.0 Å². The van der Waals surface area contributed by atoms with E-state index in [0.29, 0.717) is 30.3 Å². The van der Waals surface area contributed by atoms with Crippen LogP contribution in [-0.4, -0.2) is 88.9 Å². The van der Waals surface area contributed by atoms with Gasteiger partial charge in [-0.05, 0) is 74.9 Å². The number of hydrogen-bond acceptors (Lipinski definition) is 7. The summed E-state index contributed by atoms with van der Waals surface area (Å²) in [4.78, 5) is 44.5. The summed E-state index contributed by atoms with van der Waals surface area (Å²) >= 11 is 0. The summed E-state index contributed by atoms with van der Waals surface area (Å²) in [7, 11) is 2.09. The van der Waals surface area contributed by atoms with E-state index in [1.54, 1.807) is 18.3 Å². The Morgan fingerprint density at radius 3 is 2.59 bits per heavy atom. The molecule has 2 aromatic carbocycles. The van der Waals surface area contributed by atoms with Crippen LogP contribution in [0, 0.1) is 12.7 Å². The van der Waals surface area contributed by atoms with Crippen molar-refractivity contribution < 1.29 is 14.0 Å². The number of nitrogens with one attached hydrogen (secondary N) is 3. The predicted molar refractivity (Wildman–Crippen MR) is 172 cm³/mol. The predicted octanol–water partition coefficient (Wildman–Crippen LogP) is 4.67. The van der Waals surface area contributed by atoms with Gasteiger partial charge in [-0.25, -0.2) is 14.4 Å². The number of piperazine rings is 1. The standard InChI is InChI=1S/C33H37FN8O2/c1-4-30(43)38-27-8-5-22(17-29(27)41-15-13-40(3)14-16-41)32(44)42-11-9-24(10-12-42)37-33-36-19-21(2)31(39-33)26-20-35-28-18-23(34)6-7-25(26)28/h4-8,17-20,24,35H,1,9-16H2,2-3H3,(H,38,43)(H,36,37,39). The second-order valence-electron chi connectivity index (χ2n) is 11.5. The number of likely N-dealkylation sites (tertiary alicyclic amines) is 1. The number of piperidine rings is 1. The topological polar surface area (TPSA) is 109 Å². The van der Waals surface area contributed by atoms with E-state index in [2.05, 4.69) is 44.0 Å². The van der Waals surface area contributed by atoms with Gasteiger partial charge in [0.1, 0.15) is 5.82 Å². The van der Waals surface area contributed by atoms with Crippen LogP contribution in [0.3, 0.4) is 0 Å². The number of benzene rings is 2. The molecule has 2 aliphatic rings. The second kappa shape index (κ2) is 12.5. The molecule has 2 aliphatic heterocycles. The number of rotatable bonds is 7. The molecule has 0 saturated carbocycles. The monoisotopic (exact) mass is 596 g/mol. The Kier molecular flexibility index (Phi) is 8.30. The molecule has 3 N–H and O–H groups in total. The normalized spacial score (nSPS) is 16.2. The average Bonchev–Trinajstić information content (AvgIpc) is 3.45. The fraction of sp³-hybridized carbons (Fsp3) is 0.333. The number of carbonyl (C=O) groups is 2. The van der Waals surface area contributed by atoms with Crippen LogP contribution in [0.25, 0.3) is 22.2 Å². The van der Waals surface area contributed by atoms with Crippen LogP contribution in [0.4, 0.5) is 21.7 Å². The number of aromatic nitrogens is 3. The first-order valence-electron chi connectivity index (χ1n) is 15.0. The SMILES string of the molecule is C=CC(=O)Nc1ccc(C(=O)N2CCC(Nc3ncc(C)c(-c4c[nH]c5cc(F)ccc45)n3)CC2)cc1N1CCN(C)CC1. The zero-order chi connectivity index (χ0) is 30.8. The molecule has 0 radical (unpaired) electrons. The number of fused-ring (bicyclic) bond motifs is 1. The van der Waals surface area contributed by atoms with Gasteiger partial charge >= 0.3 is 0 Å². The third kappa shape index (κ3) is 6.14. The van der Waals surface area contributed by atoms with Gasteiger partial charge in [-0.3, -0.25) is 9.59 Å². The number of carbonyl (C=O) groups excluding carboxylic acids is 2. The molecule has 2 saturated heterocycles. The quantitative estimate of drug-likeness (QED) is 0.266. The third-order valence-electron chi connectivity index (χ3n) is 8.52. The Balaban J connectivity index is 1.13. The summed E-state index contributed by atoms with van der Waals surface area (Å²) in [5.41, 5.74) is 5.46. The highest BCUT2D eigenvalue weighted by Gasteiger charge is 2.26. The van der Waals surface area contributed by atoms with Crippen LogP contribution < -0.4 is 15.5 Å². The highest BCUT2D eigenvalue weighted by molar-refractivity contribution is 6.03. The van der Waals surface area contributed by atoms with Crippen LogP contribution >= 0.6 is 0 Å². The van der Waals surface area contributed by atoms with Gasteiger partial charge in [0.15, 0.2) is 0 Å². The number of amides is 2. The number of aryl methyl sites for hydroxylation is 1. The molecule has 2 fully saturated rings. The molecule has 2 amide bonds. The molecule has 2 aromatic heterocycles. The van der Waals surface area contributed by atoms with E-state index in [0.717, 1.165) is 72.4 Å². The number of likely N-dealkylation sites (N-methyl/N-ethyl adjacent to an activating group) is 1. The molecule has 4 aromatic rings. The minimum Gasteiger partial charge on any atom is -0.367 e. The maximum Gasteiger partial charge on any atom is 0.253 e. The summed E-state index contributed by atoms with van der Waals surface area (Å²) in [5.74, 6) is -0.0663. The van der Waals surface area contributed by atoms with Crippen molar-refractivity contribution in [1.82, 2.24) is 24.8 Å². The summed E-state index contributed by atoms with van der Waals surface area (Å²) in [6.07, 6.45) is 6.40. The maximum atomic E-state index is 13.7. The van der Waals surface area contributed by atoms with E-state index < -0.39 is 0 Å². The van der Waals surface area contributed by atoms with Crippen molar-refractivity contribution in [2.24, 2.45) is 0 Å². The Morgan fingerprint density at radius 2 is 1.84 bits per heavy atom. The van der Waals surface area contributed by atoms with E-state index in [9.17, 15) is 14.0 Å². The lowest BCUT2D eigenvalue weighted by molar-refractivity contribution is -0.111. The molecule has 228 valence electrons. The van der Waals surface area contributed by atoms with Crippen molar-refractivity contribution in [3.8, 4) is 11.3 Å². The van der Waals surface area contributed by atoms with E-state index in [1.807, 2.05) is 30.2 Å². The number of H-pyrrole nitrogens is 1. The summed E-state index contributed by atoms with van der Waals surface area (Å²) in [6.45, 7) is 10.1. The third-order valence-corrected chi connectivity index (χ3v) is 8.52. The Bertz CT molecular complexity index is 1700. The van der Waals surface area contributed by atoms with Gasteiger partial charge < -0.3 is 30.3 Å². The highest BCUT2D eigenvalue weighted by Crippen LogP contribution is 2.32. The zero-order valence-corrected chi connectivity index (χ0v) is 25.1. The summed E-state index contributed by atoms with van der Waals surface area (Å²) in [6, 6.07) is 10.3. The number of hydrogen-bond donors (Lipinski definition) is 3. The molecule has 0 unspecified atom stereocenters. The van der Waals surface area contributed by atoms with Gasteiger partial charge in [0.2, 0.25) is 11.9 Å². The van der Waals surface area contributed by atoms with Crippen molar-refractivity contribution in [1.29, 1.82) is 0 Å². The zero-order valence-electron chi connectivity index (χ0n) is 25.1. The lowest BCUT2D eigenvalue weighted by Gasteiger charge is -2.36. The van der Waals surface area contributed by atoms with Gasteiger partial charge in [-0.2, -0.15) is 0 Å². The Morgan fingerprint density at radius 1 is 1.07 bits per heavy atom. The second-order valence-corrected chi connectivity index (χ2v) is 11.5. The largest absolute Gasteiger partial charge is 0.367 e. The molecule has 0 bridgehead atoms. The van der Waals surface area contributed by atoms with Crippen LogP contribution in [-0.2, 0) is 4.79 Å². The number of aromatic amines is 1. The molecule has 10 nitrogen and oxygen atoms in total. The van der Waals surface area contributed by atoms with Crippen LogP contribution in [0.15, 0.2) is 61.4 Å². The molecule has 11 heteroatoms. The van der Waals surface area contributed by atoms with E-state index in [4.69, 9.17) is 4.98 Å². The van der Waals surface area contributed by atoms with Gasteiger partial charge in [-0.1, -0.05) is 6.58 Å². The molecule has 0 atom stereocenters. The molecular formula is C33H37FN8O2. The van der Waals surface area contributed by atoms with Gasteiger partial charge in [-0.15, -0.1) is 0 Å². The first kappa shape index (κ1) is 29.3. The smallest absolute Gasteiger partial charge is 0.253 e. The van der Waals surface area contributed by atoms with Gasteiger partial charge in [0.25, 0.3) is 5.91 Å². The van der Waals surface area contributed by atoms with Crippen LogP contribution in [0.2, 0.25) is 0 Å². The summed E-state index contributed by atoms with van der Waals surface area (Å²) in [5, 5.41) is 7.26. The molecular weight excluding hydrogens is 559 g/mol. The van der Waals surface area contributed by atoms with Gasteiger partial charge in [0, 0.05) is 79.7 Å². The van der Waals surface area contributed by atoms with Crippen molar-refractivity contribution in [2.45, 2.75) is 25.8 Å². The first-order valence-corrected chi connectivity index (χ1v) is 15.0. The minimum absolute atomic E-state index is 0.0231. The number of nitrogens with zero attached hydrogens (tertiary/aromatic N) is 5. The number of halogens is 1. The average molecular weight is 597 g/mol. The highest BCUT2D eigenvalue weighted by atomic mass is 19.1. The fourth-order valence-corrected chi connectivity index (χ4v) is 5.93. The molecule has 0 spiro atoms. The van der Waals surface area contributed by atoms with Crippen molar-refractivity contribution in [3.63, 3.8) is 0 Å².